The number of carbonyl (C=O) groups excluding carboxylic acids is 1. The summed E-state index contributed by atoms with van der Waals surface area (Å²) in [6.07, 6.45) is 6.91. The molecule has 1 rings (SSSR count). The molecule has 1 N–H and O–H groups in total. The Kier molecular flexibility index (Phi) is 5.25. The summed E-state index contributed by atoms with van der Waals surface area (Å²) in [5.41, 5.74) is 2.04. The Balaban J connectivity index is 2.66. The van der Waals surface area contributed by atoms with Crippen molar-refractivity contribution in [2.24, 2.45) is 0 Å². The number of halogens is 1. The maximum absolute atomic E-state index is 11.4. The van der Waals surface area contributed by atoms with Crippen molar-refractivity contribution >= 4 is 34.2 Å². The molecule has 0 aromatic heterocycles. The van der Waals surface area contributed by atoms with E-state index in [1.165, 1.54) is 11.6 Å². The molecule has 1 aromatic carbocycles. The molecular weight excluding hydrogens is 313 g/mol. The van der Waals surface area contributed by atoms with E-state index in [4.69, 9.17) is 0 Å². The van der Waals surface area contributed by atoms with Gasteiger partial charge in [-0.05, 0) is 54.1 Å². The first-order chi connectivity index (χ1) is 7.63. The lowest BCUT2D eigenvalue weighted by atomic mass is 10.2. The number of aryl methyl sites for hydroxylation is 1. The van der Waals surface area contributed by atoms with Crippen LogP contribution in [0.25, 0.3) is 0 Å². The fourth-order valence-corrected chi connectivity index (χ4v) is 1.62. The van der Waals surface area contributed by atoms with E-state index in [-0.39, 0.29) is 5.91 Å². The summed E-state index contributed by atoms with van der Waals surface area (Å²) in [5.74, 6) is -0.113. The molecule has 1 amide bonds. The highest BCUT2D eigenvalue weighted by Crippen LogP contribution is 2.16. The van der Waals surface area contributed by atoms with Crippen LogP contribution in [0.1, 0.15) is 12.5 Å². The van der Waals surface area contributed by atoms with E-state index in [9.17, 15) is 4.79 Å². The van der Waals surface area contributed by atoms with Crippen molar-refractivity contribution < 1.29 is 4.79 Å². The molecule has 16 heavy (non-hydrogen) atoms. The van der Waals surface area contributed by atoms with E-state index >= 15 is 0 Å². The van der Waals surface area contributed by atoms with Gasteiger partial charge < -0.3 is 5.32 Å². The Morgan fingerprint density at radius 1 is 1.38 bits per heavy atom. The van der Waals surface area contributed by atoms with Gasteiger partial charge in [0, 0.05) is 15.3 Å². The highest BCUT2D eigenvalue weighted by molar-refractivity contribution is 14.1. The van der Waals surface area contributed by atoms with Crippen molar-refractivity contribution in [3.05, 3.63) is 51.6 Å². The number of amides is 1. The van der Waals surface area contributed by atoms with Crippen LogP contribution in [0, 0.1) is 10.5 Å². The molecule has 84 valence electrons. The van der Waals surface area contributed by atoms with Gasteiger partial charge in [-0.3, -0.25) is 4.79 Å². The lowest BCUT2D eigenvalue weighted by Gasteiger charge is -2.04. The Hall–Kier alpha value is -1.10. The number of nitrogens with one attached hydrogen (secondary N) is 1. The van der Waals surface area contributed by atoms with Gasteiger partial charge in [0.2, 0.25) is 5.91 Å². The molecular formula is C13H14INO. The zero-order chi connectivity index (χ0) is 12.0. The number of benzene rings is 1. The molecule has 0 aliphatic rings. The Labute approximate surface area is 110 Å². The normalized spacial score (nSPS) is 11.2. The first-order valence-corrected chi connectivity index (χ1v) is 6.08. The zero-order valence-corrected chi connectivity index (χ0v) is 11.5. The fourth-order valence-electron chi connectivity index (χ4n) is 1.11. The van der Waals surface area contributed by atoms with Gasteiger partial charge in [0.15, 0.2) is 0 Å². The topological polar surface area (TPSA) is 29.1 Å². The van der Waals surface area contributed by atoms with Crippen LogP contribution in [0.3, 0.4) is 0 Å². The van der Waals surface area contributed by atoms with Gasteiger partial charge in [0.25, 0.3) is 0 Å². The van der Waals surface area contributed by atoms with Crippen molar-refractivity contribution in [1.29, 1.82) is 0 Å². The molecule has 0 radical (unpaired) electrons. The molecule has 0 spiro atoms. The van der Waals surface area contributed by atoms with Gasteiger partial charge >= 0.3 is 0 Å². The Bertz CT molecular complexity index is 436. The third-order valence-electron chi connectivity index (χ3n) is 1.99. The van der Waals surface area contributed by atoms with Gasteiger partial charge in [-0.25, -0.2) is 0 Å². The van der Waals surface area contributed by atoms with E-state index in [0.29, 0.717) is 0 Å². The maximum atomic E-state index is 11.4. The van der Waals surface area contributed by atoms with Crippen molar-refractivity contribution in [3.8, 4) is 0 Å². The van der Waals surface area contributed by atoms with Crippen molar-refractivity contribution in [2.45, 2.75) is 13.8 Å². The summed E-state index contributed by atoms with van der Waals surface area (Å²) in [6, 6.07) is 5.85. The summed E-state index contributed by atoms with van der Waals surface area (Å²) in [6.45, 7) is 3.95. The second-order valence-electron chi connectivity index (χ2n) is 3.34. The molecule has 2 nitrogen and oxygen atoms in total. The van der Waals surface area contributed by atoms with E-state index < -0.39 is 0 Å². The zero-order valence-electron chi connectivity index (χ0n) is 9.33. The van der Waals surface area contributed by atoms with Crippen molar-refractivity contribution in [2.75, 3.05) is 5.32 Å². The predicted octanol–water partition coefficient (Wildman–Crippen LogP) is 3.67. The smallest absolute Gasteiger partial charge is 0.248 e. The summed E-state index contributed by atoms with van der Waals surface area (Å²) in [7, 11) is 0. The average molecular weight is 327 g/mol. The molecule has 0 saturated heterocycles. The lowest BCUT2D eigenvalue weighted by molar-refractivity contribution is -0.111. The number of rotatable bonds is 3. The minimum atomic E-state index is -0.113. The minimum absolute atomic E-state index is 0.113. The summed E-state index contributed by atoms with van der Waals surface area (Å²) in [4.78, 5) is 11.4. The molecule has 0 unspecified atom stereocenters. The third-order valence-corrected chi connectivity index (χ3v) is 3.15. The summed E-state index contributed by atoms with van der Waals surface area (Å²) >= 11 is 2.25. The monoisotopic (exact) mass is 327 g/mol. The van der Waals surface area contributed by atoms with Crippen LogP contribution in [-0.4, -0.2) is 5.91 Å². The van der Waals surface area contributed by atoms with Gasteiger partial charge in [-0.15, -0.1) is 0 Å². The molecule has 3 heteroatoms. The molecule has 0 fully saturated rings. The van der Waals surface area contributed by atoms with Crippen LogP contribution >= 0.6 is 22.6 Å². The fraction of sp³-hybridized carbons (Fsp3) is 0.154. The van der Waals surface area contributed by atoms with Crippen LogP contribution in [-0.2, 0) is 4.79 Å². The van der Waals surface area contributed by atoms with Crippen molar-refractivity contribution in [3.63, 3.8) is 0 Å². The summed E-state index contributed by atoms with van der Waals surface area (Å²) in [5, 5.41) is 2.80. The Morgan fingerprint density at radius 2 is 2.12 bits per heavy atom. The van der Waals surface area contributed by atoms with Gasteiger partial charge in [0.05, 0.1) is 0 Å². The van der Waals surface area contributed by atoms with Gasteiger partial charge in [-0.1, -0.05) is 24.3 Å². The first-order valence-electron chi connectivity index (χ1n) is 5.00. The molecule has 0 atom stereocenters. The SMILES string of the molecule is C/C=C/C=C/C(=O)Nc1ccc(C)c(I)c1. The van der Waals surface area contributed by atoms with Crippen LogP contribution in [0.2, 0.25) is 0 Å². The second-order valence-corrected chi connectivity index (χ2v) is 4.50. The molecule has 0 saturated carbocycles. The number of anilines is 1. The molecule has 0 bridgehead atoms. The third kappa shape index (κ3) is 4.18. The van der Waals surface area contributed by atoms with E-state index in [1.54, 1.807) is 6.08 Å². The highest BCUT2D eigenvalue weighted by Gasteiger charge is 1.99. The standard InChI is InChI=1S/C13H14INO/c1-3-4-5-6-13(16)15-11-8-7-10(2)12(14)9-11/h3-9H,1-2H3,(H,15,16)/b4-3+,6-5+. The average Bonchev–Trinajstić information content (AvgIpc) is 2.24. The molecule has 0 heterocycles. The van der Waals surface area contributed by atoms with Crippen molar-refractivity contribution in [1.82, 2.24) is 0 Å². The largest absolute Gasteiger partial charge is 0.322 e. The minimum Gasteiger partial charge on any atom is -0.322 e. The van der Waals surface area contributed by atoms with E-state index in [0.717, 1.165) is 9.26 Å². The van der Waals surface area contributed by atoms with E-state index in [1.807, 2.05) is 44.2 Å². The van der Waals surface area contributed by atoms with Crippen LogP contribution in [0.5, 0.6) is 0 Å². The molecule has 0 aliphatic carbocycles. The van der Waals surface area contributed by atoms with Crippen LogP contribution < -0.4 is 5.32 Å². The van der Waals surface area contributed by atoms with E-state index in [2.05, 4.69) is 27.9 Å². The Morgan fingerprint density at radius 3 is 2.75 bits per heavy atom. The van der Waals surface area contributed by atoms with Gasteiger partial charge in [0.1, 0.15) is 0 Å². The summed E-state index contributed by atoms with van der Waals surface area (Å²) < 4.78 is 1.15. The maximum Gasteiger partial charge on any atom is 0.248 e. The second kappa shape index (κ2) is 6.48. The number of carbonyl (C=O) groups is 1. The van der Waals surface area contributed by atoms with Crippen LogP contribution in [0.15, 0.2) is 42.5 Å². The van der Waals surface area contributed by atoms with Crippen LogP contribution in [0.4, 0.5) is 5.69 Å². The highest BCUT2D eigenvalue weighted by atomic mass is 127. The number of hydrogen-bond donors (Lipinski definition) is 1. The predicted molar refractivity (Wildman–Crippen MR) is 76.5 cm³/mol. The quantitative estimate of drug-likeness (QED) is 0.512. The molecule has 1 aromatic rings. The first kappa shape index (κ1) is 13.0. The molecule has 0 aliphatic heterocycles. The number of allylic oxidation sites excluding steroid dienone is 3. The van der Waals surface area contributed by atoms with Gasteiger partial charge in [-0.2, -0.15) is 0 Å². The lowest BCUT2D eigenvalue weighted by Crippen LogP contribution is -2.07. The number of hydrogen-bond acceptors (Lipinski definition) is 1.